The lowest BCUT2D eigenvalue weighted by Crippen LogP contribution is -2.32. The first-order chi connectivity index (χ1) is 9.19. The fraction of sp³-hybridized carbons (Fsp3) is 0.571. The van der Waals surface area contributed by atoms with Crippen LogP contribution >= 0.6 is 12.2 Å². The van der Waals surface area contributed by atoms with Crippen LogP contribution in [0.15, 0.2) is 12.1 Å². The predicted octanol–water partition coefficient (Wildman–Crippen LogP) is 2.89. The van der Waals surface area contributed by atoms with E-state index in [0.29, 0.717) is 6.04 Å². The van der Waals surface area contributed by atoms with Crippen LogP contribution in [0.2, 0.25) is 0 Å². The summed E-state index contributed by atoms with van der Waals surface area (Å²) in [5.41, 5.74) is 3.07. The molecule has 1 N–H and O–H groups in total. The number of pyridine rings is 1. The molecule has 0 amide bonds. The maximum absolute atomic E-state index is 5.45. The van der Waals surface area contributed by atoms with Crippen LogP contribution in [0.3, 0.4) is 0 Å². The predicted molar refractivity (Wildman–Crippen MR) is 79.9 cm³/mol. The van der Waals surface area contributed by atoms with Crippen molar-refractivity contribution in [3.63, 3.8) is 0 Å². The molecule has 0 radical (unpaired) electrons. The van der Waals surface area contributed by atoms with Gasteiger partial charge in [0.25, 0.3) is 0 Å². The Hall–Kier alpha value is -1.20. The third-order valence-electron chi connectivity index (χ3n) is 4.06. The molecule has 0 saturated carbocycles. The zero-order chi connectivity index (χ0) is 13.4. The summed E-state index contributed by atoms with van der Waals surface area (Å²) in [6.45, 7) is 7.53. The number of imidazole rings is 1. The van der Waals surface area contributed by atoms with Crippen LogP contribution in [-0.2, 0) is 6.54 Å². The maximum Gasteiger partial charge on any atom is 0.179 e. The molecule has 102 valence electrons. The first kappa shape index (κ1) is 12.8. The van der Waals surface area contributed by atoms with Crippen LogP contribution in [-0.4, -0.2) is 38.6 Å². The van der Waals surface area contributed by atoms with Crippen LogP contribution in [0, 0.1) is 11.7 Å². The lowest BCUT2D eigenvalue weighted by Gasteiger charge is -2.23. The Morgan fingerprint density at radius 1 is 1.47 bits per heavy atom. The van der Waals surface area contributed by atoms with Gasteiger partial charge in [-0.2, -0.15) is 0 Å². The Labute approximate surface area is 118 Å². The summed E-state index contributed by atoms with van der Waals surface area (Å²) in [5, 5.41) is 0. The summed E-state index contributed by atoms with van der Waals surface area (Å²) in [5.74, 6) is 0. The Morgan fingerprint density at radius 2 is 2.32 bits per heavy atom. The molecule has 0 bridgehead atoms. The van der Waals surface area contributed by atoms with Crippen LogP contribution in [0.25, 0.3) is 11.2 Å². The second-order valence-electron chi connectivity index (χ2n) is 5.29. The van der Waals surface area contributed by atoms with Crippen molar-refractivity contribution in [2.45, 2.75) is 39.3 Å². The zero-order valence-corrected chi connectivity index (χ0v) is 12.3. The van der Waals surface area contributed by atoms with Crippen molar-refractivity contribution < 1.29 is 0 Å². The van der Waals surface area contributed by atoms with E-state index in [1.54, 1.807) is 0 Å². The number of hydrogen-bond acceptors (Lipinski definition) is 3. The molecule has 19 heavy (non-hydrogen) atoms. The number of aromatic amines is 1. The molecule has 1 atom stereocenters. The maximum atomic E-state index is 5.45. The highest BCUT2D eigenvalue weighted by Gasteiger charge is 2.24. The summed E-state index contributed by atoms with van der Waals surface area (Å²) in [4.78, 5) is 10.4. The summed E-state index contributed by atoms with van der Waals surface area (Å²) in [6.07, 6.45) is 2.55. The normalized spacial score (nSPS) is 20.4. The molecule has 1 unspecified atom stereocenters. The van der Waals surface area contributed by atoms with E-state index in [1.807, 2.05) is 13.0 Å². The van der Waals surface area contributed by atoms with Gasteiger partial charge in [-0.05, 0) is 57.2 Å². The minimum Gasteiger partial charge on any atom is -0.329 e. The lowest BCUT2D eigenvalue weighted by atomic mass is 10.2. The molecule has 3 rings (SSSR count). The average molecular weight is 276 g/mol. The van der Waals surface area contributed by atoms with Gasteiger partial charge in [-0.25, -0.2) is 4.98 Å². The molecule has 1 aliphatic heterocycles. The first-order valence-corrected chi connectivity index (χ1v) is 7.40. The van der Waals surface area contributed by atoms with E-state index < -0.39 is 0 Å². The second-order valence-corrected chi connectivity index (χ2v) is 5.68. The van der Waals surface area contributed by atoms with Gasteiger partial charge in [0.2, 0.25) is 0 Å². The van der Waals surface area contributed by atoms with Gasteiger partial charge < -0.3 is 4.98 Å². The van der Waals surface area contributed by atoms with Crippen molar-refractivity contribution in [2.75, 3.05) is 13.1 Å². The van der Waals surface area contributed by atoms with E-state index in [2.05, 4.69) is 32.4 Å². The number of nitrogens with zero attached hydrogens (tertiary/aromatic N) is 3. The highest BCUT2D eigenvalue weighted by atomic mass is 32.1. The number of nitrogens with one attached hydrogen (secondary N) is 1. The Morgan fingerprint density at radius 3 is 3.11 bits per heavy atom. The van der Waals surface area contributed by atoms with E-state index in [4.69, 9.17) is 12.2 Å². The van der Waals surface area contributed by atoms with Gasteiger partial charge in [0.1, 0.15) is 0 Å². The summed E-state index contributed by atoms with van der Waals surface area (Å²) in [7, 11) is 0. The Bertz CT molecular complexity index is 642. The molecule has 3 heterocycles. The van der Waals surface area contributed by atoms with Gasteiger partial charge in [-0.15, -0.1) is 0 Å². The van der Waals surface area contributed by atoms with Gasteiger partial charge in [-0.3, -0.25) is 9.47 Å². The van der Waals surface area contributed by atoms with Gasteiger partial charge in [0.15, 0.2) is 10.4 Å². The minimum absolute atomic E-state index is 0.595. The molecular weight excluding hydrogens is 256 g/mol. The molecule has 1 saturated heterocycles. The average Bonchev–Trinajstić information content (AvgIpc) is 2.96. The van der Waals surface area contributed by atoms with Crippen molar-refractivity contribution in [3.8, 4) is 0 Å². The van der Waals surface area contributed by atoms with Crippen LogP contribution in [0.4, 0.5) is 0 Å². The van der Waals surface area contributed by atoms with Gasteiger partial charge in [0.05, 0.1) is 5.52 Å². The van der Waals surface area contributed by atoms with Crippen LogP contribution < -0.4 is 0 Å². The first-order valence-electron chi connectivity index (χ1n) is 6.99. The second kappa shape index (κ2) is 5.06. The number of likely N-dealkylation sites (N-methyl/N-ethyl adjacent to an activating group) is 1. The molecule has 1 fully saturated rings. The quantitative estimate of drug-likeness (QED) is 0.876. The number of aromatic nitrogens is 3. The van der Waals surface area contributed by atoms with Crippen molar-refractivity contribution >= 4 is 23.4 Å². The van der Waals surface area contributed by atoms with Crippen molar-refractivity contribution in [1.82, 2.24) is 19.4 Å². The molecule has 0 spiro atoms. The number of H-pyrrole nitrogens is 1. The molecule has 2 aromatic heterocycles. The molecule has 2 aromatic rings. The molecule has 5 heteroatoms. The Balaban J connectivity index is 1.98. The Kier molecular flexibility index (Phi) is 3.41. The zero-order valence-electron chi connectivity index (χ0n) is 11.5. The van der Waals surface area contributed by atoms with Crippen LogP contribution in [0.5, 0.6) is 0 Å². The fourth-order valence-corrected chi connectivity index (χ4v) is 3.29. The topological polar surface area (TPSA) is 36.9 Å². The molecule has 1 aliphatic rings. The highest BCUT2D eigenvalue weighted by Crippen LogP contribution is 2.21. The van der Waals surface area contributed by atoms with E-state index in [9.17, 15) is 0 Å². The lowest BCUT2D eigenvalue weighted by molar-refractivity contribution is 0.245. The van der Waals surface area contributed by atoms with Gasteiger partial charge >= 0.3 is 0 Å². The number of likely N-dealkylation sites (tertiary alicyclic amines) is 1. The molecule has 4 nitrogen and oxygen atoms in total. The van der Waals surface area contributed by atoms with Crippen molar-refractivity contribution in [1.29, 1.82) is 0 Å². The van der Waals surface area contributed by atoms with Gasteiger partial charge in [-0.1, -0.05) is 6.92 Å². The van der Waals surface area contributed by atoms with E-state index in [1.165, 1.54) is 19.4 Å². The fourth-order valence-electron chi connectivity index (χ4n) is 3.02. The van der Waals surface area contributed by atoms with E-state index >= 15 is 0 Å². The highest BCUT2D eigenvalue weighted by molar-refractivity contribution is 7.71. The third kappa shape index (κ3) is 2.32. The monoisotopic (exact) mass is 276 g/mol. The minimum atomic E-state index is 0.595. The summed E-state index contributed by atoms with van der Waals surface area (Å²) >= 11 is 5.45. The number of rotatable bonds is 3. The van der Waals surface area contributed by atoms with Crippen molar-refractivity contribution in [3.05, 3.63) is 22.6 Å². The third-order valence-corrected chi connectivity index (χ3v) is 4.38. The van der Waals surface area contributed by atoms with E-state index in [-0.39, 0.29) is 0 Å². The van der Waals surface area contributed by atoms with E-state index in [0.717, 1.165) is 34.7 Å². The van der Waals surface area contributed by atoms with Gasteiger partial charge in [0, 0.05) is 18.3 Å². The SMILES string of the molecule is CCN1CCCC1Cn1c(=S)[nH]c2ccc(C)nc21. The molecular formula is C14H20N4S. The van der Waals surface area contributed by atoms with Crippen molar-refractivity contribution in [2.24, 2.45) is 0 Å². The smallest absolute Gasteiger partial charge is 0.179 e. The number of fused-ring (bicyclic) bond motifs is 1. The summed E-state index contributed by atoms with van der Waals surface area (Å²) < 4.78 is 2.95. The number of hydrogen-bond donors (Lipinski definition) is 1. The van der Waals surface area contributed by atoms with Crippen LogP contribution in [0.1, 0.15) is 25.5 Å². The molecule has 0 aliphatic carbocycles. The molecule has 0 aromatic carbocycles. The summed E-state index contributed by atoms with van der Waals surface area (Å²) in [6, 6.07) is 4.68. The largest absolute Gasteiger partial charge is 0.329 e. The standard InChI is InChI=1S/C14H20N4S/c1-3-17-8-4-5-11(17)9-18-13-12(16-14(18)19)7-6-10(2)15-13/h6-7,11H,3-5,8-9H2,1-2H3,(H,16,19). The number of aryl methyl sites for hydroxylation is 1.